The second kappa shape index (κ2) is 11.5. The van der Waals surface area contributed by atoms with E-state index in [1.54, 1.807) is 0 Å². The van der Waals surface area contributed by atoms with Crippen molar-refractivity contribution in [2.45, 2.75) is 43.9 Å². The van der Waals surface area contributed by atoms with Crippen molar-refractivity contribution in [3.05, 3.63) is 142 Å². The molecule has 1 atom stereocenters. The Bertz CT molecular complexity index is 1260. The van der Waals surface area contributed by atoms with E-state index in [4.69, 9.17) is 17.3 Å². The molecule has 0 saturated carbocycles. The zero-order chi connectivity index (χ0) is 26.6. The number of halogens is 1. The predicted octanol–water partition coefficient (Wildman–Crippen LogP) is 7.67. The van der Waals surface area contributed by atoms with E-state index in [-0.39, 0.29) is 10.8 Å². The van der Waals surface area contributed by atoms with Gasteiger partial charge in [0.15, 0.2) is 0 Å². The molecule has 1 heterocycles. The number of piperidine rings is 1. The average molecular weight is 523 g/mol. The van der Waals surface area contributed by atoms with Gasteiger partial charge in [0.05, 0.1) is 0 Å². The Morgan fingerprint density at radius 1 is 0.711 bits per heavy atom. The second-order valence-electron chi connectivity index (χ2n) is 11.1. The predicted molar refractivity (Wildman–Crippen MR) is 161 cm³/mol. The molecule has 0 amide bonds. The van der Waals surface area contributed by atoms with Gasteiger partial charge in [-0.25, -0.2) is 0 Å². The number of aryl methyl sites for hydroxylation is 2. The number of likely N-dealkylation sites (tertiary alicyclic amines) is 1. The summed E-state index contributed by atoms with van der Waals surface area (Å²) in [6, 6.07) is 37.6. The maximum atomic E-state index is 6.42. The van der Waals surface area contributed by atoms with E-state index in [1.807, 2.05) is 12.1 Å². The zero-order valence-electron chi connectivity index (χ0n) is 22.7. The van der Waals surface area contributed by atoms with E-state index in [0.717, 1.165) is 43.9 Å². The molecule has 1 unspecified atom stereocenters. The summed E-state index contributed by atoms with van der Waals surface area (Å²) in [4.78, 5) is 2.64. The Morgan fingerprint density at radius 2 is 1.21 bits per heavy atom. The van der Waals surface area contributed by atoms with Gasteiger partial charge in [-0.2, -0.15) is 0 Å². The van der Waals surface area contributed by atoms with Crippen LogP contribution >= 0.6 is 11.6 Å². The van der Waals surface area contributed by atoms with Crippen LogP contribution in [0, 0.1) is 13.8 Å². The molecule has 0 bridgehead atoms. The summed E-state index contributed by atoms with van der Waals surface area (Å²) >= 11 is 6.35. The molecule has 4 aromatic carbocycles. The largest absolute Gasteiger partial charge is 0.330 e. The molecular formula is C35H39ClN2. The number of hydrogen-bond acceptors (Lipinski definition) is 2. The normalized spacial score (nSPS) is 17.2. The molecule has 1 aliphatic heterocycles. The van der Waals surface area contributed by atoms with Crippen LogP contribution in [0.15, 0.2) is 103 Å². The minimum Gasteiger partial charge on any atom is -0.330 e. The fourth-order valence-electron chi connectivity index (χ4n) is 6.28. The lowest BCUT2D eigenvalue weighted by molar-refractivity contribution is 0.155. The van der Waals surface area contributed by atoms with Gasteiger partial charge in [0, 0.05) is 22.4 Å². The molecule has 196 valence electrons. The molecule has 0 aliphatic carbocycles. The standard InChI is InChI=1S/C35H39ClN2/c1-27-8-12-29(13-9-27)34(26-37)20-23-38(24-21-34)25-22-35(30-6-4-3-5-7-30,31-14-10-28(2)11-15-31)32-16-18-33(36)19-17-32/h3-19H,20-26,37H2,1-2H3. The lowest BCUT2D eigenvalue weighted by Crippen LogP contribution is -2.47. The third-order valence-corrected chi connectivity index (χ3v) is 9.07. The van der Waals surface area contributed by atoms with E-state index in [9.17, 15) is 0 Å². The van der Waals surface area contributed by atoms with Gasteiger partial charge in [-0.05, 0) is 87.1 Å². The van der Waals surface area contributed by atoms with E-state index in [1.165, 1.54) is 33.4 Å². The summed E-state index contributed by atoms with van der Waals surface area (Å²) < 4.78 is 0. The van der Waals surface area contributed by atoms with Gasteiger partial charge in [-0.1, -0.05) is 114 Å². The van der Waals surface area contributed by atoms with Crippen molar-refractivity contribution < 1.29 is 0 Å². The third-order valence-electron chi connectivity index (χ3n) is 8.82. The molecule has 0 aromatic heterocycles. The molecule has 5 rings (SSSR count). The van der Waals surface area contributed by atoms with E-state index in [2.05, 4.69) is 110 Å². The molecule has 1 aliphatic rings. The van der Waals surface area contributed by atoms with Gasteiger partial charge in [0.2, 0.25) is 0 Å². The van der Waals surface area contributed by atoms with Crippen molar-refractivity contribution in [2.75, 3.05) is 26.2 Å². The van der Waals surface area contributed by atoms with Crippen LogP contribution in [-0.4, -0.2) is 31.1 Å². The number of nitrogens with zero attached hydrogens (tertiary/aromatic N) is 1. The molecule has 0 radical (unpaired) electrons. The van der Waals surface area contributed by atoms with Crippen LogP contribution in [0.1, 0.15) is 52.6 Å². The molecule has 3 heteroatoms. The van der Waals surface area contributed by atoms with E-state index < -0.39 is 0 Å². The summed E-state index contributed by atoms with van der Waals surface area (Å²) in [5.74, 6) is 0. The molecule has 1 fully saturated rings. The quantitative estimate of drug-likeness (QED) is 0.240. The Kier molecular flexibility index (Phi) is 8.04. The molecule has 2 nitrogen and oxygen atoms in total. The highest BCUT2D eigenvalue weighted by Crippen LogP contribution is 2.43. The first kappa shape index (κ1) is 26.7. The zero-order valence-corrected chi connectivity index (χ0v) is 23.4. The van der Waals surface area contributed by atoms with Crippen LogP contribution < -0.4 is 5.73 Å². The molecule has 0 spiro atoms. The van der Waals surface area contributed by atoms with Crippen molar-refractivity contribution in [2.24, 2.45) is 5.73 Å². The molecule has 2 N–H and O–H groups in total. The van der Waals surface area contributed by atoms with Crippen molar-refractivity contribution >= 4 is 11.6 Å². The second-order valence-corrected chi connectivity index (χ2v) is 11.5. The fourth-order valence-corrected chi connectivity index (χ4v) is 6.40. The summed E-state index contributed by atoms with van der Waals surface area (Å²) in [5.41, 5.74) is 14.1. The van der Waals surface area contributed by atoms with Gasteiger partial charge >= 0.3 is 0 Å². The highest BCUT2D eigenvalue weighted by atomic mass is 35.5. The first-order chi connectivity index (χ1) is 18.4. The Hall–Kier alpha value is -2.91. The van der Waals surface area contributed by atoms with E-state index >= 15 is 0 Å². The third kappa shape index (κ3) is 5.31. The summed E-state index contributed by atoms with van der Waals surface area (Å²) in [7, 11) is 0. The molecule has 38 heavy (non-hydrogen) atoms. The SMILES string of the molecule is Cc1ccc(C2(CN)CCN(CCC(c3ccccc3)(c3ccc(C)cc3)c3ccc(Cl)cc3)CC2)cc1. The maximum Gasteiger partial charge on any atom is 0.0463 e. The first-order valence-electron chi connectivity index (χ1n) is 13.8. The van der Waals surface area contributed by atoms with Crippen LogP contribution in [0.5, 0.6) is 0 Å². The van der Waals surface area contributed by atoms with Crippen molar-refractivity contribution in [1.82, 2.24) is 4.90 Å². The van der Waals surface area contributed by atoms with Gasteiger partial charge in [-0.15, -0.1) is 0 Å². The van der Waals surface area contributed by atoms with Gasteiger partial charge in [-0.3, -0.25) is 0 Å². The highest BCUT2D eigenvalue weighted by Gasteiger charge is 2.39. The van der Waals surface area contributed by atoms with Crippen LogP contribution in [0.4, 0.5) is 0 Å². The number of nitrogens with two attached hydrogens (primary N) is 1. The Balaban J connectivity index is 1.45. The number of benzene rings is 4. The highest BCUT2D eigenvalue weighted by molar-refractivity contribution is 6.30. The average Bonchev–Trinajstić information content (AvgIpc) is 2.96. The van der Waals surface area contributed by atoms with Crippen LogP contribution in [0.3, 0.4) is 0 Å². The van der Waals surface area contributed by atoms with Gasteiger partial charge in [0.1, 0.15) is 0 Å². The summed E-state index contributed by atoms with van der Waals surface area (Å²) in [6.07, 6.45) is 3.18. The Labute approximate surface area is 233 Å². The first-order valence-corrected chi connectivity index (χ1v) is 14.2. The fraction of sp³-hybridized carbons (Fsp3) is 0.314. The van der Waals surface area contributed by atoms with Gasteiger partial charge < -0.3 is 10.6 Å². The maximum absolute atomic E-state index is 6.42. The topological polar surface area (TPSA) is 29.3 Å². The van der Waals surface area contributed by atoms with Gasteiger partial charge in [0.25, 0.3) is 0 Å². The Morgan fingerprint density at radius 3 is 1.76 bits per heavy atom. The smallest absolute Gasteiger partial charge is 0.0463 e. The number of hydrogen-bond donors (Lipinski definition) is 1. The summed E-state index contributed by atoms with van der Waals surface area (Å²) in [6.45, 7) is 8.14. The van der Waals surface area contributed by atoms with Crippen LogP contribution in [0.25, 0.3) is 0 Å². The molecule has 1 saturated heterocycles. The van der Waals surface area contributed by atoms with Crippen molar-refractivity contribution in [3.8, 4) is 0 Å². The monoisotopic (exact) mass is 522 g/mol. The molecular weight excluding hydrogens is 484 g/mol. The lowest BCUT2D eigenvalue weighted by atomic mass is 9.67. The van der Waals surface area contributed by atoms with Crippen molar-refractivity contribution in [1.29, 1.82) is 0 Å². The number of rotatable bonds is 8. The van der Waals surface area contributed by atoms with E-state index in [0.29, 0.717) is 6.54 Å². The van der Waals surface area contributed by atoms with Crippen molar-refractivity contribution in [3.63, 3.8) is 0 Å². The lowest BCUT2D eigenvalue weighted by Gasteiger charge is -2.43. The molecule has 4 aromatic rings. The minimum atomic E-state index is -0.265. The minimum absolute atomic E-state index is 0.0772. The van der Waals surface area contributed by atoms with Crippen LogP contribution in [-0.2, 0) is 10.8 Å². The van der Waals surface area contributed by atoms with Crippen LogP contribution in [0.2, 0.25) is 5.02 Å². The summed E-state index contributed by atoms with van der Waals surface area (Å²) in [5, 5.41) is 0.768.